The Morgan fingerprint density at radius 2 is 1.88 bits per heavy atom. The number of para-hydroxylation sites is 2. The zero-order valence-corrected chi connectivity index (χ0v) is 14.4. The summed E-state index contributed by atoms with van der Waals surface area (Å²) in [5.41, 5.74) is 0.809. The number of amides is 1. The van der Waals surface area contributed by atoms with Crippen molar-refractivity contribution in [2.45, 2.75) is 6.42 Å². The van der Waals surface area contributed by atoms with Crippen LogP contribution >= 0.6 is 0 Å². The van der Waals surface area contributed by atoms with E-state index in [1.807, 2.05) is 18.2 Å². The number of hydrogen-bond acceptors (Lipinski definition) is 3. The van der Waals surface area contributed by atoms with Crippen molar-refractivity contribution in [2.75, 3.05) is 13.2 Å². The van der Waals surface area contributed by atoms with E-state index in [-0.39, 0.29) is 23.8 Å². The molecule has 134 valence electrons. The van der Waals surface area contributed by atoms with Gasteiger partial charge in [0.2, 0.25) is 0 Å². The Morgan fingerprint density at radius 1 is 1.15 bits per heavy atom. The van der Waals surface area contributed by atoms with Gasteiger partial charge in [0.05, 0.1) is 17.7 Å². The van der Waals surface area contributed by atoms with Gasteiger partial charge in [0.1, 0.15) is 0 Å². The summed E-state index contributed by atoms with van der Waals surface area (Å²) in [6.07, 6.45) is 0.517. The summed E-state index contributed by atoms with van der Waals surface area (Å²) >= 11 is 0. The van der Waals surface area contributed by atoms with E-state index in [0.717, 1.165) is 5.39 Å². The second-order valence-corrected chi connectivity index (χ2v) is 5.86. The Morgan fingerprint density at radius 3 is 2.69 bits per heavy atom. The standard InChI is InChI=1S/C20H19FN2O3/c1-23-17-9-4-2-7-14(17)15(13-19(23)24)20(25)22-11-6-12-26-18-10-5-3-8-16(18)21/h2-5,7-10,13H,6,11-12H2,1H3,(H,22,25). The van der Waals surface area contributed by atoms with E-state index in [1.54, 1.807) is 31.3 Å². The number of ether oxygens (including phenoxy) is 1. The average molecular weight is 354 g/mol. The average Bonchev–Trinajstić information content (AvgIpc) is 2.65. The number of aryl methyl sites for hydroxylation is 1. The zero-order valence-electron chi connectivity index (χ0n) is 14.4. The number of carbonyl (C=O) groups is 1. The third-order valence-corrected chi connectivity index (χ3v) is 4.10. The number of aromatic nitrogens is 1. The number of hydrogen-bond donors (Lipinski definition) is 1. The lowest BCUT2D eigenvalue weighted by molar-refractivity contribution is 0.0953. The fourth-order valence-corrected chi connectivity index (χ4v) is 2.71. The molecule has 0 saturated heterocycles. The number of halogens is 1. The van der Waals surface area contributed by atoms with Crippen LogP contribution in [0.3, 0.4) is 0 Å². The van der Waals surface area contributed by atoms with Gasteiger partial charge >= 0.3 is 0 Å². The van der Waals surface area contributed by atoms with Crippen LogP contribution in [-0.2, 0) is 7.05 Å². The molecule has 0 fully saturated rings. The highest BCUT2D eigenvalue weighted by Crippen LogP contribution is 2.16. The molecule has 0 atom stereocenters. The normalized spacial score (nSPS) is 10.7. The van der Waals surface area contributed by atoms with E-state index in [2.05, 4.69) is 5.32 Å². The second-order valence-electron chi connectivity index (χ2n) is 5.86. The van der Waals surface area contributed by atoms with Crippen molar-refractivity contribution in [2.24, 2.45) is 7.05 Å². The molecule has 5 nitrogen and oxygen atoms in total. The molecule has 2 aromatic carbocycles. The third kappa shape index (κ3) is 3.74. The van der Waals surface area contributed by atoms with E-state index >= 15 is 0 Å². The zero-order chi connectivity index (χ0) is 18.5. The van der Waals surface area contributed by atoms with Gasteiger partial charge in [-0.3, -0.25) is 9.59 Å². The lowest BCUT2D eigenvalue weighted by Crippen LogP contribution is -2.28. The van der Waals surface area contributed by atoms with Gasteiger partial charge in [-0.1, -0.05) is 30.3 Å². The van der Waals surface area contributed by atoms with Gasteiger partial charge in [-0.2, -0.15) is 0 Å². The number of nitrogens with zero attached hydrogens (tertiary/aromatic N) is 1. The molecular formula is C20H19FN2O3. The summed E-state index contributed by atoms with van der Waals surface area (Å²) in [6.45, 7) is 0.634. The summed E-state index contributed by atoms with van der Waals surface area (Å²) in [7, 11) is 1.67. The van der Waals surface area contributed by atoms with E-state index in [0.29, 0.717) is 24.0 Å². The summed E-state index contributed by atoms with van der Waals surface area (Å²) in [4.78, 5) is 24.5. The second kappa shape index (κ2) is 7.82. The van der Waals surface area contributed by atoms with Crippen LogP contribution in [0.1, 0.15) is 16.8 Å². The molecule has 0 spiro atoms. The molecule has 0 bridgehead atoms. The Kier molecular flexibility index (Phi) is 5.31. The first kappa shape index (κ1) is 17.7. The number of pyridine rings is 1. The Labute approximate surface area is 150 Å². The van der Waals surface area contributed by atoms with Gasteiger partial charge in [-0.05, 0) is 24.6 Å². The van der Waals surface area contributed by atoms with E-state index in [9.17, 15) is 14.0 Å². The predicted octanol–water partition coefficient (Wildman–Crippen LogP) is 2.88. The van der Waals surface area contributed by atoms with Crippen LogP contribution < -0.4 is 15.6 Å². The minimum absolute atomic E-state index is 0.191. The van der Waals surface area contributed by atoms with E-state index < -0.39 is 5.82 Å². The highest BCUT2D eigenvalue weighted by Gasteiger charge is 2.12. The molecule has 3 rings (SSSR count). The van der Waals surface area contributed by atoms with Gasteiger partial charge in [-0.25, -0.2) is 4.39 Å². The smallest absolute Gasteiger partial charge is 0.252 e. The lowest BCUT2D eigenvalue weighted by Gasteiger charge is -2.11. The molecule has 0 radical (unpaired) electrons. The van der Waals surface area contributed by atoms with Gasteiger partial charge in [0.25, 0.3) is 11.5 Å². The number of rotatable bonds is 6. The molecule has 6 heteroatoms. The largest absolute Gasteiger partial charge is 0.490 e. The lowest BCUT2D eigenvalue weighted by atomic mass is 10.1. The van der Waals surface area contributed by atoms with Crippen LogP contribution in [0.25, 0.3) is 10.9 Å². The number of fused-ring (bicyclic) bond motifs is 1. The van der Waals surface area contributed by atoms with Gasteiger partial charge in [-0.15, -0.1) is 0 Å². The summed E-state index contributed by atoms with van der Waals surface area (Å²) in [5.74, 6) is -0.538. The Hall–Kier alpha value is -3.15. The van der Waals surface area contributed by atoms with Crippen LogP contribution in [0.4, 0.5) is 4.39 Å². The monoisotopic (exact) mass is 354 g/mol. The minimum Gasteiger partial charge on any atom is -0.490 e. The van der Waals surface area contributed by atoms with Crippen LogP contribution in [0.15, 0.2) is 59.4 Å². The molecule has 1 heterocycles. The SMILES string of the molecule is Cn1c(=O)cc(C(=O)NCCCOc2ccccc2F)c2ccccc21. The van der Waals surface area contributed by atoms with Crippen molar-refractivity contribution in [1.82, 2.24) is 9.88 Å². The predicted molar refractivity (Wildman–Crippen MR) is 98.0 cm³/mol. The molecule has 0 unspecified atom stereocenters. The van der Waals surface area contributed by atoms with Crippen LogP contribution in [0, 0.1) is 5.82 Å². The minimum atomic E-state index is -0.414. The molecule has 1 aromatic heterocycles. The molecular weight excluding hydrogens is 335 g/mol. The van der Waals surface area contributed by atoms with Crippen LogP contribution in [-0.4, -0.2) is 23.6 Å². The molecule has 0 aliphatic rings. The number of carbonyl (C=O) groups excluding carboxylic acids is 1. The van der Waals surface area contributed by atoms with Crippen molar-refractivity contribution < 1.29 is 13.9 Å². The van der Waals surface area contributed by atoms with Crippen molar-refractivity contribution in [3.63, 3.8) is 0 Å². The quantitative estimate of drug-likeness (QED) is 0.693. The summed E-state index contributed by atoms with van der Waals surface area (Å²) in [5, 5.41) is 3.50. The highest BCUT2D eigenvalue weighted by atomic mass is 19.1. The van der Waals surface area contributed by atoms with Crippen molar-refractivity contribution >= 4 is 16.8 Å². The third-order valence-electron chi connectivity index (χ3n) is 4.10. The first-order chi connectivity index (χ1) is 12.6. The molecule has 0 aliphatic heterocycles. The van der Waals surface area contributed by atoms with Gasteiger partial charge in [0, 0.05) is 25.0 Å². The Bertz CT molecular complexity index is 998. The van der Waals surface area contributed by atoms with Crippen molar-refractivity contribution in [3.05, 3.63) is 76.3 Å². The number of nitrogens with one attached hydrogen (secondary N) is 1. The molecule has 0 aliphatic carbocycles. The van der Waals surface area contributed by atoms with Gasteiger partial charge < -0.3 is 14.6 Å². The van der Waals surface area contributed by atoms with E-state index in [1.165, 1.54) is 16.7 Å². The summed E-state index contributed by atoms with van der Waals surface area (Å²) < 4.78 is 20.3. The topological polar surface area (TPSA) is 60.3 Å². The van der Waals surface area contributed by atoms with E-state index in [4.69, 9.17) is 4.74 Å². The Balaban J connectivity index is 1.61. The van der Waals surface area contributed by atoms with Crippen LogP contribution in [0.2, 0.25) is 0 Å². The van der Waals surface area contributed by atoms with Gasteiger partial charge in [0.15, 0.2) is 11.6 Å². The molecule has 3 aromatic rings. The maximum atomic E-state index is 13.4. The molecule has 0 saturated carbocycles. The van der Waals surface area contributed by atoms with Crippen molar-refractivity contribution in [1.29, 1.82) is 0 Å². The highest BCUT2D eigenvalue weighted by molar-refractivity contribution is 6.06. The van der Waals surface area contributed by atoms with Crippen LogP contribution in [0.5, 0.6) is 5.75 Å². The first-order valence-electron chi connectivity index (χ1n) is 8.32. The molecule has 1 amide bonds. The fraction of sp³-hybridized carbons (Fsp3) is 0.200. The number of benzene rings is 2. The molecule has 26 heavy (non-hydrogen) atoms. The maximum Gasteiger partial charge on any atom is 0.252 e. The fourth-order valence-electron chi connectivity index (χ4n) is 2.71. The summed E-state index contributed by atoms with van der Waals surface area (Å²) in [6, 6.07) is 14.8. The maximum absolute atomic E-state index is 13.4. The van der Waals surface area contributed by atoms with Crippen molar-refractivity contribution in [3.8, 4) is 5.75 Å². The molecule has 1 N–H and O–H groups in total. The first-order valence-corrected chi connectivity index (χ1v) is 8.32.